The second-order valence-corrected chi connectivity index (χ2v) is 5.54. The highest BCUT2D eigenvalue weighted by Crippen LogP contribution is 2.15. The van der Waals surface area contributed by atoms with Gasteiger partial charge in [-0.25, -0.2) is 4.98 Å². The van der Waals surface area contributed by atoms with Gasteiger partial charge in [-0.05, 0) is 24.3 Å². The van der Waals surface area contributed by atoms with Gasteiger partial charge in [0.15, 0.2) is 5.03 Å². The van der Waals surface area contributed by atoms with Crippen LogP contribution in [0.25, 0.3) is 5.69 Å². The number of nitrogens with zero attached hydrogens (tertiary/aromatic N) is 4. The van der Waals surface area contributed by atoms with Gasteiger partial charge in [0.2, 0.25) is 0 Å². The molecule has 9 heteroatoms. The number of imidazole rings is 1. The van der Waals surface area contributed by atoms with Crippen molar-refractivity contribution in [3.63, 3.8) is 0 Å². The summed E-state index contributed by atoms with van der Waals surface area (Å²) in [5.41, 5.74) is 1.18. The molecular weight excluding hydrogens is 280 g/mol. The van der Waals surface area contributed by atoms with E-state index in [1.54, 1.807) is 36.7 Å². The zero-order chi connectivity index (χ0) is 14.0. The van der Waals surface area contributed by atoms with Crippen LogP contribution in [0.5, 0.6) is 0 Å². The number of aromatic amines is 1. The fraction of sp³-hybridized carbons (Fsp3) is 0. The smallest absolute Gasteiger partial charge is 0.278 e. The first kappa shape index (κ1) is 12.4. The predicted octanol–water partition coefficient (Wildman–Crippen LogP) is 0.791. The number of benzene rings is 1. The predicted molar refractivity (Wildman–Crippen MR) is 70.8 cm³/mol. The van der Waals surface area contributed by atoms with Crippen LogP contribution in [0, 0.1) is 0 Å². The molecule has 0 aliphatic carbocycles. The maximum absolute atomic E-state index is 12.0. The summed E-state index contributed by atoms with van der Waals surface area (Å²) in [4.78, 5) is 7.67. The molecule has 3 rings (SSSR count). The zero-order valence-corrected chi connectivity index (χ0v) is 10.9. The molecule has 0 saturated heterocycles. The van der Waals surface area contributed by atoms with E-state index in [0.29, 0.717) is 5.69 Å². The molecule has 3 aromatic rings. The first-order chi connectivity index (χ1) is 9.65. The molecule has 2 aromatic heterocycles. The van der Waals surface area contributed by atoms with Crippen molar-refractivity contribution in [2.45, 2.75) is 5.03 Å². The Kier molecular flexibility index (Phi) is 2.95. The standard InChI is InChI=1S/C11H10N6O2S/c18-20(19,11-7-12-8-13-11)16-9-1-3-10(4-2-9)17-14-5-6-15-17/h1-8,16H,(H,12,13). The van der Waals surface area contributed by atoms with Crippen LogP contribution in [-0.2, 0) is 10.0 Å². The lowest BCUT2D eigenvalue weighted by Crippen LogP contribution is -2.13. The molecule has 2 heterocycles. The summed E-state index contributed by atoms with van der Waals surface area (Å²) in [6, 6.07) is 6.69. The Labute approximate surface area is 114 Å². The second kappa shape index (κ2) is 4.78. The maximum Gasteiger partial charge on any atom is 0.278 e. The molecule has 0 unspecified atom stereocenters. The lowest BCUT2D eigenvalue weighted by molar-refractivity contribution is 0.598. The average Bonchev–Trinajstić information content (AvgIpc) is 3.13. The van der Waals surface area contributed by atoms with Gasteiger partial charge in [0.05, 0.1) is 30.6 Å². The van der Waals surface area contributed by atoms with Crippen LogP contribution in [0.3, 0.4) is 0 Å². The second-order valence-electron chi connectivity index (χ2n) is 3.89. The molecule has 0 saturated carbocycles. The normalized spacial score (nSPS) is 11.4. The number of nitrogens with one attached hydrogen (secondary N) is 2. The Balaban J connectivity index is 1.83. The van der Waals surface area contributed by atoms with Crippen molar-refractivity contribution in [3.05, 3.63) is 49.2 Å². The van der Waals surface area contributed by atoms with Gasteiger partial charge in [-0.15, -0.1) is 0 Å². The lowest BCUT2D eigenvalue weighted by atomic mass is 10.3. The Morgan fingerprint density at radius 2 is 1.80 bits per heavy atom. The fourth-order valence-electron chi connectivity index (χ4n) is 1.61. The summed E-state index contributed by atoms with van der Waals surface area (Å²) in [5, 5.41) is 7.98. The van der Waals surface area contributed by atoms with E-state index in [1.165, 1.54) is 17.3 Å². The van der Waals surface area contributed by atoms with Crippen molar-refractivity contribution >= 4 is 15.7 Å². The van der Waals surface area contributed by atoms with E-state index in [9.17, 15) is 8.42 Å². The van der Waals surface area contributed by atoms with Crippen LogP contribution in [0.15, 0.2) is 54.2 Å². The highest BCUT2D eigenvalue weighted by Gasteiger charge is 2.15. The van der Waals surface area contributed by atoms with Gasteiger partial charge < -0.3 is 4.98 Å². The van der Waals surface area contributed by atoms with E-state index in [2.05, 4.69) is 24.9 Å². The largest absolute Gasteiger partial charge is 0.334 e. The Morgan fingerprint density at radius 1 is 1.10 bits per heavy atom. The van der Waals surface area contributed by atoms with Crippen LogP contribution in [-0.4, -0.2) is 33.4 Å². The third kappa shape index (κ3) is 2.38. The van der Waals surface area contributed by atoms with E-state index in [4.69, 9.17) is 0 Å². The fourth-order valence-corrected chi connectivity index (χ4v) is 2.58. The van der Waals surface area contributed by atoms with Crippen LogP contribution in [0.4, 0.5) is 5.69 Å². The van der Waals surface area contributed by atoms with Gasteiger partial charge >= 0.3 is 0 Å². The van der Waals surface area contributed by atoms with E-state index in [-0.39, 0.29) is 5.03 Å². The molecule has 2 N–H and O–H groups in total. The first-order valence-corrected chi connectivity index (χ1v) is 7.11. The number of hydrogen-bond donors (Lipinski definition) is 2. The van der Waals surface area contributed by atoms with Crippen molar-refractivity contribution in [1.82, 2.24) is 25.0 Å². The molecule has 0 bridgehead atoms. The number of rotatable bonds is 4. The molecule has 0 spiro atoms. The van der Waals surface area contributed by atoms with Gasteiger partial charge in [0.1, 0.15) is 0 Å². The monoisotopic (exact) mass is 290 g/mol. The van der Waals surface area contributed by atoms with Gasteiger partial charge in [0.25, 0.3) is 10.0 Å². The van der Waals surface area contributed by atoms with E-state index >= 15 is 0 Å². The van der Waals surface area contributed by atoms with Gasteiger partial charge in [-0.2, -0.15) is 23.4 Å². The van der Waals surface area contributed by atoms with Crippen molar-refractivity contribution in [1.29, 1.82) is 0 Å². The summed E-state index contributed by atoms with van der Waals surface area (Å²) in [6.07, 6.45) is 5.68. The van der Waals surface area contributed by atoms with E-state index in [0.717, 1.165) is 5.69 Å². The third-order valence-electron chi connectivity index (χ3n) is 2.53. The Bertz CT molecular complexity index is 778. The van der Waals surface area contributed by atoms with Crippen molar-refractivity contribution in [2.75, 3.05) is 4.72 Å². The number of hydrogen-bond acceptors (Lipinski definition) is 5. The molecule has 102 valence electrons. The molecule has 0 amide bonds. The minimum atomic E-state index is -3.64. The van der Waals surface area contributed by atoms with Gasteiger partial charge in [0, 0.05) is 5.69 Å². The van der Waals surface area contributed by atoms with Crippen molar-refractivity contribution in [2.24, 2.45) is 0 Å². The van der Waals surface area contributed by atoms with E-state index in [1.807, 2.05) is 0 Å². The molecule has 1 aromatic carbocycles. The Hall–Kier alpha value is -2.68. The van der Waals surface area contributed by atoms with Crippen LogP contribution in [0.2, 0.25) is 0 Å². The summed E-state index contributed by atoms with van der Waals surface area (Å²) in [7, 11) is -3.64. The Morgan fingerprint density at radius 3 is 2.40 bits per heavy atom. The van der Waals surface area contributed by atoms with Gasteiger partial charge in [-0.3, -0.25) is 4.72 Å². The number of sulfonamides is 1. The molecule has 20 heavy (non-hydrogen) atoms. The topological polar surface area (TPSA) is 106 Å². The van der Waals surface area contributed by atoms with Crippen molar-refractivity contribution in [3.8, 4) is 5.69 Å². The quantitative estimate of drug-likeness (QED) is 0.739. The first-order valence-electron chi connectivity index (χ1n) is 5.63. The SMILES string of the molecule is O=S(=O)(Nc1ccc(-n2nccn2)cc1)c1cnc[nH]1. The summed E-state index contributed by atoms with van der Waals surface area (Å²) >= 11 is 0. The lowest BCUT2D eigenvalue weighted by Gasteiger charge is -2.06. The minimum Gasteiger partial charge on any atom is -0.334 e. The molecule has 0 radical (unpaired) electrons. The highest BCUT2D eigenvalue weighted by molar-refractivity contribution is 7.92. The zero-order valence-electron chi connectivity index (χ0n) is 10.1. The maximum atomic E-state index is 12.0. The molecule has 0 atom stereocenters. The summed E-state index contributed by atoms with van der Waals surface area (Å²) in [6.45, 7) is 0. The van der Waals surface area contributed by atoms with Crippen molar-refractivity contribution < 1.29 is 8.42 Å². The minimum absolute atomic E-state index is 0.00956. The molecule has 0 fully saturated rings. The van der Waals surface area contributed by atoms with Crippen LogP contribution >= 0.6 is 0 Å². The number of aromatic nitrogens is 5. The third-order valence-corrected chi connectivity index (χ3v) is 3.84. The number of anilines is 1. The summed E-state index contributed by atoms with van der Waals surface area (Å²) in [5.74, 6) is 0. The van der Waals surface area contributed by atoms with Crippen LogP contribution < -0.4 is 4.72 Å². The highest BCUT2D eigenvalue weighted by atomic mass is 32.2. The van der Waals surface area contributed by atoms with E-state index < -0.39 is 10.0 Å². The van der Waals surface area contributed by atoms with Crippen LogP contribution in [0.1, 0.15) is 0 Å². The molecule has 8 nitrogen and oxygen atoms in total. The van der Waals surface area contributed by atoms with Gasteiger partial charge in [-0.1, -0.05) is 0 Å². The number of H-pyrrole nitrogens is 1. The molecule has 0 aliphatic rings. The molecule has 0 aliphatic heterocycles. The summed E-state index contributed by atoms with van der Waals surface area (Å²) < 4.78 is 26.4. The molecular formula is C11H10N6O2S. The average molecular weight is 290 g/mol.